The van der Waals surface area contributed by atoms with E-state index < -0.39 is 43.0 Å². The molecule has 9 heteroatoms. The van der Waals surface area contributed by atoms with Crippen molar-refractivity contribution in [2.75, 3.05) is 7.11 Å². The molecule has 0 unspecified atom stereocenters. The molecule has 16 heavy (non-hydrogen) atoms. The molecule has 0 heterocycles. The fraction of sp³-hybridized carbons (Fsp3) is 0.143. The van der Waals surface area contributed by atoms with E-state index in [1.165, 1.54) is 0 Å². The van der Waals surface area contributed by atoms with E-state index >= 15 is 0 Å². The number of hydrogen-bond donors (Lipinski definition) is 0. The Morgan fingerprint density at radius 2 is 1.38 bits per heavy atom. The van der Waals surface area contributed by atoms with Gasteiger partial charge in [0, 0.05) is 10.7 Å². The van der Waals surface area contributed by atoms with Crippen molar-refractivity contribution in [3.05, 3.63) is 23.3 Å². The molecule has 0 spiro atoms. The van der Waals surface area contributed by atoms with Gasteiger partial charge in [-0.3, -0.25) is 0 Å². The molecule has 1 rings (SSSR count). The second kappa shape index (κ2) is 4.10. The third kappa shape index (κ3) is 1.94. The Hall–Kier alpha value is -1.02. The van der Waals surface area contributed by atoms with Gasteiger partial charge in [0.15, 0.2) is 22.3 Å². The number of rotatable bonds is 2. The highest BCUT2D eigenvalue weighted by Crippen LogP contribution is 2.33. The van der Waals surface area contributed by atoms with Gasteiger partial charge in [0.25, 0.3) is 9.05 Å². The number of halogens is 5. The van der Waals surface area contributed by atoms with E-state index in [1.807, 2.05) is 0 Å². The lowest BCUT2D eigenvalue weighted by Gasteiger charge is -2.08. The zero-order chi connectivity index (χ0) is 12.7. The Bertz CT molecular complexity index is 514. The van der Waals surface area contributed by atoms with Crippen LogP contribution in [0.4, 0.5) is 17.6 Å². The molecule has 90 valence electrons. The minimum atomic E-state index is -4.95. The van der Waals surface area contributed by atoms with Crippen molar-refractivity contribution in [1.29, 1.82) is 0 Å². The highest BCUT2D eigenvalue weighted by atomic mass is 35.7. The molecule has 0 aliphatic carbocycles. The van der Waals surface area contributed by atoms with Crippen LogP contribution in [0, 0.1) is 23.3 Å². The second-order valence-corrected chi connectivity index (χ2v) is 5.06. The summed E-state index contributed by atoms with van der Waals surface area (Å²) in [7, 11) is 0.438. The van der Waals surface area contributed by atoms with Gasteiger partial charge in [-0.2, -0.15) is 8.78 Å². The van der Waals surface area contributed by atoms with Gasteiger partial charge in [0.05, 0.1) is 7.11 Å². The van der Waals surface area contributed by atoms with Crippen molar-refractivity contribution in [3.63, 3.8) is 0 Å². The smallest absolute Gasteiger partial charge is 0.267 e. The van der Waals surface area contributed by atoms with E-state index in [0.717, 1.165) is 7.11 Å². The molecule has 0 atom stereocenters. The summed E-state index contributed by atoms with van der Waals surface area (Å²) >= 11 is 0. The average molecular weight is 279 g/mol. The summed E-state index contributed by atoms with van der Waals surface area (Å²) in [5.74, 6) is -9.57. The molecule has 0 aliphatic rings. The lowest BCUT2D eigenvalue weighted by molar-refractivity contribution is 0.322. The van der Waals surface area contributed by atoms with Gasteiger partial charge in [-0.1, -0.05) is 0 Å². The van der Waals surface area contributed by atoms with Crippen LogP contribution >= 0.6 is 10.7 Å². The first-order valence-corrected chi connectivity index (χ1v) is 5.87. The van der Waals surface area contributed by atoms with Gasteiger partial charge in [-0.05, 0) is 0 Å². The Morgan fingerprint density at radius 3 is 1.62 bits per heavy atom. The van der Waals surface area contributed by atoms with E-state index in [0.29, 0.717) is 0 Å². The van der Waals surface area contributed by atoms with Crippen LogP contribution in [0.3, 0.4) is 0 Å². The normalized spacial score (nSPS) is 11.6. The fourth-order valence-corrected chi connectivity index (χ4v) is 2.00. The summed E-state index contributed by atoms with van der Waals surface area (Å²) < 4.78 is 77.5. The monoisotopic (exact) mass is 278 g/mol. The Balaban J connectivity index is 3.82. The van der Waals surface area contributed by atoms with Crippen LogP contribution in [0.5, 0.6) is 5.75 Å². The summed E-state index contributed by atoms with van der Waals surface area (Å²) in [6.07, 6.45) is 0. The van der Waals surface area contributed by atoms with E-state index in [9.17, 15) is 26.0 Å². The summed E-state index contributed by atoms with van der Waals surface area (Å²) in [4.78, 5) is -1.88. The lowest BCUT2D eigenvalue weighted by Crippen LogP contribution is -2.08. The molecular formula is C7H3ClF4O3S. The topological polar surface area (TPSA) is 43.4 Å². The maximum atomic E-state index is 13.1. The molecule has 0 aromatic heterocycles. The largest absolute Gasteiger partial charge is 0.491 e. The van der Waals surface area contributed by atoms with Gasteiger partial charge >= 0.3 is 0 Å². The highest BCUT2D eigenvalue weighted by molar-refractivity contribution is 8.13. The maximum absolute atomic E-state index is 13.1. The second-order valence-electron chi connectivity index (χ2n) is 2.56. The van der Waals surface area contributed by atoms with Gasteiger partial charge in [0.2, 0.25) is 11.6 Å². The molecule has 0 radical (unpaired) electrons. The SMILES string of the molecule is COc1c(F)c(F)c(S(=O)(=O)Cl)c(F)c1F. The van der Waals surface area contributed by atoms with Gasteiger partial charge < -0.3 is 4.74 Å². The summed E-state index contributed by atoms with van der Waals surface area (Å²) in [6.45, 7) is 0. The van der Waals surface area contributed by atoms with Crippen molar-refractivity contribution in [1.82, 2.24) is 0 Å². The first-order valence-electron chi connectivity index (χ1n) is 3.56. The predicted molar refractivity (Wildman–Crippen MR) is 45.9 cm³/mol. The minimum Gasteiger partial charge on any atom is -0.491 e. The molecule has 0 N–H and O–H groups in total. The molecule has 0 saturated carbocycles. The van der Waals surface area contributed by atoms with Gasteiger partial charge in [-0.25, -0.2) is 17.2 Å². The van der Waals surface area contributed by atoms with E-state index in [1.54, 1.807) is 0 Å². The van der Waals surface area contributed by atoms with Gasteiger partial charge in [-0.15, -0.1) is 0 Å². The fourth-order valence-electron chi connectivity index (χ4n) is 0.985. The zero-order valence-electron chi connectivity index (χ0n) is 7.52. The van der Waals surface area contributed by atoms with Crippen LogP contribution in [-0.2, 0) is 9.05 Å². The molecule has 3 nitrogen and oxygen atoms in total. The van der Waals surface area contributed by atoms with Crippen molar-refractivity contribution >= 4 is 19.7 Å². The third-order valence-corrected chi connectivity index (χ3v) is 2.94. The molecular weight excluding hydrogens is 276 g/mol. The lowest BCUT2D eigenvalue weighted by atomic mass is 10.3. The Morgan fingerprint density at radius 1 is 1.00 bits per heavy atom. The van der Waals surface area contributed by atoms with E-state index in [2.05, 4.69) is 15.4 Å². The van der Waals surface area contributed by atoms with Crippen molar-refractivity contribution in [2.45, 2.75) is 4.90 Å². The Kier molecular flexibility index (Phi) is 3.34. The first-order chi connectivity index (χ1) is 7.21. The van der Waals surface area contributed by atoms with Crippen LogP contribution in [0.15, 0.2) is 4.90 Å². The molecule has 0 saturated heterocycles. The van der Waals surface area contributed by atoms with Crippen LogP contribution in [0.25, 0.3) is 0 Å². The number of benzene rings is 1. The summed E-state index contributed by atoms with van der Waals surface area (Å²) in [6, 6.07) is 0. The maximum Gasteiger partial charge on any atom is 0.267 e. The summed E-state index contributed by atoms with van der Waals surface area (Å²) in [5.41, 5.74) is 0. The standard InChI is InChI=1S/C7H3ClF4O3S/c1-15-6-2(9)4(11)7(16(8,13)14)5(12)3(6)10/h1H3. The van der Waals surface area contributed by atoms with Crippen molar-refractivity contribution in [3.8, 4) is 5.75 Å². The molecule has 0 amide bonds. The zero-order valence-corrected chi connectivity index (χ0v) is 9.10. The van der Waals surface area contributed by atoms with Crippen molar-refractivity contribution in [2.24, 2.45) is 0 Å². The van der Waals surface area contributed by atoms with Crippen LogP contribution in [0.1, 0.15) is 0 Å². The molecule has 0 fully saturated rings. The summed E-state index contributed by atoms with van der Waals surface area (Å²) in [5, 5.41) is 0. The minimum absolute atomic E-state index is 0.759. The predicted octanol–water partition coefficient (Wildman–Crippen LogP) is 2.18. The number of ether oxygens (including phenoxy) is 1. The van der Waals surface area contributed by atoms with Crippen LogP contribution in [-0.4, -0.2) is 15.5 Å². The average Bonchev–Trinajstić information content (AvgIpc) is 2.14. The quantitative estimate of drug-likeness (QED) is 0.473. The van der Waals surface area contributed by atoms with Crippen LogP contribution < -0.4 is 4.74 Å². The third-order valence-electron chi connectivity index (χ3n) is 1.63. The molecule has 1 aromatic rings. The first kappa shape index (κ1) is 13.0. The molecule has 1 aromatic carbocycles. The Labute approximate surface area is 92.0 Å². The van der Waals surface area contributed by atoms with Crippen LogP contribution in [0.2, 0.25) is 0 Å². The van der Waals surface area contributed by atoms with Crippen molar-refractivity contribution < 1.29 is 30.7 Å². The van der Waals surface area contributed by atoms with Gasteiger partial charge in [0.1, 0.15) is 0 Å². The number of methoxy groups -OCH3 is 1. The highest BCUT2D eigenvalue weighted by Gasteiger charge is 2.32. The molecule has 0 aliphatic heterocycles. The number of hydrogen-bond acceptors (Lipinski definition) is 3. The molecule has 0 bridgehead atoms. The van der Waals surface area contributed by atoms with E-state index in [-0.39, 0.29) is 0 Å². The van der Waals surface area contributed by atoms with E-state index in [4.69, 9.17) is 0 Å².